The molecule has 3 aromatic carbocycles. The molecule has 0 saturated carbocycles. The molecular weight excluding hydrogens is 574 g/mol. The van der Waals surface area contributed by atoms with E-state index in [0.29, 0.717) is 11.5 Å². The lowest BCUT2D eigenvalue weighted by Crippen LogP contribution is -2.43. The quantitative estimate of drug-likeness (QED) is 0.194. The first kappa shape index (κ1) is 33.9. The molecule has 234 valence electrons. The van der Waals surface area contributed by atoms with Gasteiger partial charge in [0.1, 0.15) is 11.5 Å². The highest BCUT2D eigenvalue weighted by molar-refractivity contribution is 6.01. The minimum absolute atomic E-state index is 0.0388. The molecule has 4 rings (SSSR count). The van der Waals surface area contributed by atoms with E-state index in [1.165, 1.54) is 68.3 Å². The highest BCUT2D eigenvalue weighted by atomic mass is 16.6. The maximum absolute atomic E-state index is 11.9. The van der Waals surface area contributed by atoms with Crippen LogP contribution in [0.2, 0.25) is 0 Å². The van der Waals surface area contributed by atoms with Gasteiger partial charge in [-0.3, -0.25) is 0 Å². The van der Waals surface area contributed by atoms with Crippen LogP contribution in [-0.4, -0.2) is 85.3 Å². The van der Waals surface area contributed by atoms with Gasteiger partial charge in [-0.15, -0.1) is 0 Å². The first-order valence-corrected chi connectivity index (χ1v) is 13.7. The average molecular weight is 610 g/mol. The first-order chi connectivity index (χ1) is 21.1. The molecule has 12 nitrogen and oxygen atoms in total. The SMILES string of the molecule is COc1ccc(C(=O)OC(=O)[C@H](O)[C@@H](O)C(=O)OC(=O)c2ccc(OC)cc2)cc1.OCCC1(c2ccccc2)CCNC1. The fourth-order valence-corrected chi connectivity index (χ4v) is 4.49. The normalized spacial score (nSPS) is 16.8. The van der Waals surface area contributed by atoms with Crippen LogP contribution in [-0.2, 0) is 24.5 Å². The van der Waals surface area contributed by atoms with E-state index in [-0.39, 0.29) is 23.1 Å². The molecule has 1 aliphatic rings. The van der Waals surface area contributed by atoms with E-state index in [9.17, 15) is 29.4 Å². The smallest absolute Gasteiger partial charge is 0.346 e. The van der Waals surface area contributed by atoms with Crippen LogP contribution in [0, 0.1) is 0 Å². The maximum atomic E-state index is 11.9. The molecule has 0 radical (unpaired) electrons. The van der Waals surface area contributed by atoms with E-state index in [1.54, 1.807) is 0 Å². The third kappa shape index (κ3) is 8.94. The van der Waals surface area contributed by atoms with Crippen molar-refractivity contribution < 1.29 is 53.4 Å². The summed E-state index contributed by atoms with van der Waals surface area (Å²) in [4.78, 5) is 47.5. The first-order valence-electron chi connectivity index (χ1n) is 13.7. The van der Waals surface area contributed by atoms with Crippen LogP contribution in [0.15, 0.2) is 78.9 Å². The minimum atomic E-state index is -2.46. The van der Waals surface area contributed by atoms with Gasteiger partial charge in [0.15, 0.2) is 12.2 Å². The van der Waals surface area contributed by atoms with Gasteiger partial charge in [0.25, 0.3) is 0 Å². The molecule has 0 spiro atoms. The Kier molecular flexibility index (Phi) is 12.5. The van der Waals surface area contributed by atoms with Crippen molar-refractivity contribution in [3.8, 4) is 11.5 Å². The molecule has 0 aromatic heterocycles. The van der Waals surface area contributed by atoms with Crippen LogP contribution in [0.1, 0.15) is 39.1 Å². The molecule has 1 saturated heterocycles. The second kappa shape index (κ2) is 16.3. The van der Waals surface area contributed by atoms with E-state index in [1.807, 2.05) is 6.07 Å². The van der Waals surface area contributed by atoms with Crippen LogP contribution in [0.5, 0.6) is 11.5 Å². The lowest BCUT2D eigenvalue weighted by Gasteiger charge is -2.27. The lowest BCUT2D eigenvalue weighted by molar-refractivity contribution is -0.166. The number of nitrogens with one attached hydrogen (secondary N) is 1. The van der Waals surface area contributed by atoms with Crippen molar-refractivity contribution in [3.63, 3.8) is 0 Å². The van der Waals surface area contributed by atoms with Gasteiger partial charge in [0, 0.05) is 18.6 Å². The number of carbonyl (C=O) groups is 4. The van der Waals surface area contributed by atoms with E-state index in [2.05, 4.69) is 39.1 Å². The number of aliphatic hydroxyl groups is 3. The number of aliphatic hydroxyl groups excluding tert-OH is 3. The van der Waals surface area contributed by atoms with Gasteiger partial charge >= 0.3 is 23.9 Å². The number of rotatable bonds is 10. The summed E-state index contributed by atoms with van der Waals surface area (Å²) in [6, 6.07) is 21.5. The Morgan fingerprint density at radius 1 is 0.750 bits per heavy atom. The molecule has 1 unspecified atom stereocenters. The molecule has 3 atom stereocenters. The third-order valence-corrected chi connectivity index (χ3v) is 7.04. The summed E-state index contributed by atoms with van der Waals surface area (Å²) in [5.74, 6) is -4.54. The molecule has 3 aromatic rings. The molecule has 0 amide bonds. The Balaban J connectivity index is 0.000000312. The summed E-state index contributed by atoms with van der Waals surface area (Å²) in [5, 5.41) is 32.0. The molecule has 0 aliphatic carbocycles. The molecule has 1 heterocycles. The number of hydrogen-bond acceptors (Lipinski definition) is 12. The van der Waals surface area contributed by atoms with Crippen molar-refractivity contribution in [1.82, 2.24) is 5.32 Å². The van der Waals surface area contributed by atoms with Gasteiger partial charge < -0.3 is 39.6 Å². The zero-order valence-corrected chi connectivity index (χ0v) is 24.3. The fourth-order valence-electron chi connectivity index (χ4n) is 4.49. The van der Waals surface area contributed by atoms with Gasteiger partial charge in [-0.25, -0.2) is 19.2 Å². The van der Waals surface area contributed by atoms with Crippen molar-refractivity contribution in [2.45, 2.75) is 30.5 Å². The van der Waals surface area contributed by atoms with E-state index < -0.39 is 36.1 Å². The van der Waals surface area contributed by atoms with Gasteiger partial charge in [-0.2, -0.15) is 0 Å². The second-order valence-corrected chi connectivity index (χ2v) is 9.81. The van der Waals surface area contributed by atoms with Crippen LogP contribution in [0.25, 0.3) is 0 Å². The monoisotopic (exact) mass is 609 g/mol. The van der Waals surface area contributed by atoms with E-state index in [0.717, 1.165) is 25.9 Å². The Morgan fingerprint density at radius 2 is 1.20 bits per heavy atom. The average Bonchev–Trinajstić information content (AvgIpc) is 3.54. The highest BCUT2D eigenvalue weighted by Gasteiger charge is 2.36. The molecule has 12 heteroatoms. The maximum Gasteiger partial charge on any atom is 0.346 e. The summed E-state index contributed by atoms with van der Waals surface area (Å²) >= 11 is 0. The van der Waals surface area contributed by atoms with Gasteiger partial charge in [-0.05, 0) is 73.5 Å². The van der Waals surface area contributed by atoms with Gasteiger partial charge in [0.2, 0.25) is 0 Å². The Hall–Kier alpha value is -4.62. The number of benzene rings is 3. The summed E-state index contributed by atoms with van der Waals surface area (Å²) in [7, 11) is 2.85. The number of ether oxygens (including phenoxy) is 4. The predicted molar refractivity (Wildman–Crippen MR) is 156 cm³/mol. The largest absolute Gasteiger partial charge is 0.497 e. The summed E-state index contributed by atoms with van der Waals surface area (Å²) < 4.78 is 18.7. The summed E-state index contributed by atoms with van der Waals surface area (Å²) in [5.41, 5.74) is 1.46. The summed E-state index contributed by atoms with van der Waals surface area (Å²) in [6.07, 6.45) is -2.91. The predicted octanol–water partition coefficient (Wildman–Crippen LogP) is 1.79. The topological polar surface area (TPSA) is 178 Å². The van der Waals surface area contributed by atoms with Gasteiger partial charge in [-0.1, -0.05) is 30.3 Å². The molecular formula is C32H35NO11. The van der Waals surface area contributed by atoms with Crippen LogP contribution < -0.4 is 14.8 Å². The molecule has 4 N–H and O–H groups in total. The highest BCUT2D eigenvalue weighted by Crippen LogP contribution is 2.33. The standard InChI is InChI=1S/C20H18O10.C12H17NO/c1-27-13-7-3-11(4-8-13)17(23)29-19(25)15(21)16(22)20(26)30-18(24)12-5-9-14(28-2)10-6-12;14-9-7-12(6-8-13-10-12)11-4-2-1-3-5-11/h3-10,15-16,21-22H,1-2H3;1-5,13-14H,6-10H2/t15-,16-;/m1./s1. The number of hydrogen-bond donors (Lipinski definition) is 4. The molecule has 44 heavy (non-hydrogen) atoms. The van der Waals surface area contributed by atoms with E-state index >= 15 is 0 Å². The zero-order chi connectivity index (χ0) is 32.1. The number of carbonyl (C=O) groups excluding carboxylic acids is 4. The Morgan fingerprint density at radius 3 is 1.57 bits per heavy atom. The third-order valence-electron chi connectivity index (χ3n) is 7.04. The molecule has 0 bridgehead atoms. The van der Waals surface area contributed by atoms with Crippen molar-refractivity contribution in [3.05, 3.63) is 95.6 Å². The number of methoxy groups -OCH3 is 2. The fraction of sp³-hybridized carbons (Fsp3) is 0.312. The number of esters is 4. The summed E-state index contributed by atoms with van der Waals surface area (Å²) in [6.45, 7) is 2.34. The van der Waals surface area contributed by atoms with Crippen LogP contribution in [0.3, 0.4) is 0 Å². The van der Waals surface area contributed by atoms with Crippen LogP contribution in [0.4, 0.5) is 0 Å². The minimum Gasteiger partial charge on any atom is -0.497 e. The van der Waals surface area contributed by atoms with Crippen molar-refractivity contribution in [2.75, 3.05) is 33.9 Å². The van der Waals surface area contributed by atoms with Crippen molar-refractivity contribution in [1.29, 1.82) is 0 Å². The van der Waals surface area contributed by atoms with Crippen molar-refractivity contribution >= 4 is 23.9 Å². The molecule has 1 fully saturated rings. The van der Waals surface area contributed by atoms with Crippen LogP contribution >= 0.6 is 0 Å². The Bertz CT molecular complexity index is 1310. The van der Waals surface area contributed by atoms with E-state index in [4.69, 9.17) is 14.6 Å². The Labute approximate surface area is 254 Å². The lowest BCUT2D eigenvalue weighted by atomic mass is 9.77. The van der Waals surface area contributed by atoms with Crippen molar-refractivity contribution in [2.24, 2.45) is 0 Å². The molecule has 1 aliphatic heterocycles. The second-order valence-electron chi connectivity index (χ2n) is 9.81. The zero-order valence-electron chi connectivity index (χ0n) is 24.3. The van der Waals surface area contributed by atoms with Gasteiger partial charge in [0.05, 0.1) is 25.3 Å².